The molecule has 118 valence electrons. The largest absolute Gasteiger partial charge is 0.497 e. The number of hydrogen-bond donors (Lipinski definition) is 1. The van der Waals surface area contributed by atoms with Crippen molar-refractivity contribution < 1.29 is 4.74 Å². The molecule has 0 aromatic heterocycles. The topological polar surface area (TPSA) is 21.3 Å². The Bertz CT molecular complexity index is 524. The monoisotopic (exact) mass is 297 g/mol. The standard InChI is InChI=1S/C20H27NO/c1-22-20-13-8-12-19(17-20)14-16-21-15-7-3-6-11-18-9-4-2-5-10-18/h2,4-5,8-10,12-13,17,21H,3,6-7,11,14-16H2,1H3. The van der Waals surface area contributed by atoms with Gasteiger partial charge in [-0.3, -0.25) is 0 Å². The Labute approximate surface area is 134 Å². The van der Waals surface area contributed by atoms with Gasteiger partial charge in [0.2, 0.25) is 0 Å². The fourth-order valence-corrected chi connectivity index (χ4v) is 2.59. The molecule has 0 aliphatic carbocycles. The highest BCUT2D eigenvalue weighted by atomic mass is 16.5. The lowest BCUT2D eigenvalue weighted by molar-refractivity contribution is 0.414. The molecule has 0 saturated heterocycles. The molecule has 2 heteroatoms. The molecule has 0 fully saturated rings. The first kappa shape index (κ1) is 16.6. The molecule has 1 N–H and O–H groups in total. The Morgan fingerprint density at radius 3 is 2.41 bits per heavy atom. The first-order chi connectivity index (χ1) is 10.9. The molecule has 2 aromatic carbocycles. The maximum absolute atomic E-state index is 5.24. The zero-order valence-electron chi connectivity index (χ0n) is 13.6. The van der Waals surface area contributed by atoms with Gasteiger partial charge in [-0.1, -0.05) is 48.9 Å². The predicted octanol–water partition coefficient (Wildman–Crippen LogP) is 4.24. The minimum atomic E-state index is 0.943. The molecule has 0 unspecified atom stereocenters. The van der Waals surface area contributed by atoms with Crippen LogP contribution in [-0.4, -0.2) is 20.2 Å². The second-order valence-electron chi connectivity index (χ2n) is 5.65. The summed E-state index contributed by atoms with van der Waals surface area (Å²) in [4.78, 5) is 0. The van der Waals surface area contributed by atoms with Crippen LogP contribution in [0.3, 0.4) is 0 Å². The molecule has 0 amide bonds. The maximum atomic E-state index is 5.24. The molecule has 0 aliphatic rings. The number of aryl methyl sites for hydroxylation is 1. The number of nitrogens with one attached hydrogen (secondary N) is 1. The second kappa shape index (κ2) is 10.0. The summed E-state index contributed by atoms with van der Waals surface area (Å²) in [5.41, 5.74) is 2.78. The Hall–Kier alpha value is -1.80. The molecule has 0 atom stereocenters. The SMILES string of the molecule is COc1cccc(CCNCCCCCc2ccccc2)c1. The summed E-state index contributed by atoms with van der Waals surface area (Å²) >= 11 is 0. The minimum Gasteiger partial charge on any atom is -0.497 e. The Balaban J connectivity index is 1.49. The molecule has 2 nitrogen and oxygen atoms in total. The van der Waals surface area contributed by atoms with Crippen LogP contribution >= 0.6 is 0 Å². The van der Waals surface area contributed by atoms with Crippen LogP contribution in [0.15, 0.2) is 54.6 Å². The summed E-state index contributed by atoms with van der Waals surface area (Å²) in [5, 5.41) is 3.53. The van der Waals surface area contributed by atoms with Crippen LogP contribution in [0.2, 0.25) is 0 Å². The van der Waals surface area contributed by atoms with Crippen molar-refractivity contribution in [1.29, 1.82) is 0 Å². The Morgan fingerprint density at radius 2 is 1.59 bits per heavy atom. The smallest absolute Gasteiger partial charge is 0.119 e. The molecule has 2 aromatic rings. The lowest BCUT2D eigenvalue weighted by Crippen LogP contribution is -2.18. The van der Waals surface area contributed by atoms with E-state index < -0.39 is 0 Å². The van der Waals surface area contributed by atoms with Gasteiger partial charge in [0.25, 0.3) is 0 Å². The van der Waals surface area contributed by atoms with E-state index >= 15 is 0 Å². The highest BCUT2D eigenvalue weighted by Gasteiger charge is 1.96. The lowest BCUT2D eigenvalue weighted by Gasteiger charge is -2.06. The van der Waals surface area contributed by atoms with Gasteiger partial charge < -0.3 is 10.1 Å². The van der Waals surface area contributed by atoms with Crippen LogP contribution in [0.1, 0.15) is 30.4 Å². The van der Waals surface area contributed by atoms with Gasteiger partial charge in [0.1, 0.15) is 5.75 Å². The van der Waals surface area contributed by atoms with Gasteiger partial charge >= 0.3 is 0 Å². The average Bonchev–Trinajstić information content (AvgIpc) is 2.58. The number of methoxy groups -OCH3 is 1. The van der Waals surface area contributed by atoms with E-state index in [1.807, 2.05) is 6.07 Å². The van der Waals surface area contributed by atoms with Crippen LogP contribution in [-0.2, 0) is 12.8 Å². The zero-order valence-corrected chi connectivity index (χ0v) is 13.6. The fraction of sp³-hybridized carbons (Fsp3) is 0.400. The number of ether oxygens (including phenoxy) is 1. The third-order valence-corrected chi connectivity index (χ3v) is 3.89. The van der Waals surface area contributed by atoms with E-state index in [-0.39, 0.29) is 0 Å². The van der Waals surface area contributed by atoms with Crippen molar-refractivity contribution in [2.24, 2.45) is 0 Å². The van der Waals surface area contributed by atoms with Gasteiger partial charge in [-0.2, -0.15) is 0 Å². The number of hydrogen-bond acceptors (Lipinski definition) is 2. The van der Waals surface area contributed by atoms with Gasteiger partial charge in [-0.25, -0.2) is 0 Å². The summed E-state index contributed by atoms with van der Waals surface area (Å²) in [6.07, 6.45) is 6.08. The van der Waals surface area contributed by atoms with Crippen molar-refractivity contribution in [1.82, 2.24) is 5.32 Å². The van der Waals surface area contributed by atoms with Gasteiger partial charge in [0, 0.05) is 0 Å². The van der Waals surface area contributed by atoms with E-state index in [0.717, 1.165) is 25.3 Å². The van der Waals surface area contributed by atoms with Gasteiger partial charge in [-0.15, -0.1) is 0 Å². The van der Waals surface area contributed by atoms with Crippen LogP contribution in [0.25, 0.3) is 0 Å². The molecule has 0 heterocycles. The Kier molecular flexibility index (Phi) is 7.54. The lowest BCUT2D eigenvalue weighted by atomic mass is 10.1. The van der Waals surface area contributed by atoms with Gasteiger partial charge in [0.15, 0.2) is 0 Å². The highest BCUT2D eigenvalue weighted by molar-refractivity contribution is 5.28. The van der Waals surface area contributed by atoms with E-state index in [1.165, 1.54) is 36.8 Å². The zero-order chi connectivity index (χ0) is 15.5. The summed E-state index contributed by atoms with van der Waals surface area (Å²) in [7, 11) is 1.72. The Morgan fingerprint density at radius 1 is 0.773 bits per heavy atom. The highest BCUT2D eigenvalue weighted by Crippen LogP contribution is 2.12. The van der Waals surface area contributed by atoms with E-state index in [9.17, 15) is 0 Å². The first-order valence-electron chi connectivity index (χ1n) is 8.26. The average molecular weight is 297 g/mol. The van der Waals surface area contributed by atoms with Crippen molar-refractivity contribution in [3.63, 3.8) is 0 Å². The summed E-state index contributed by atoms with van der Waals surface area (Å²) in [6, 6.07) is 19.1. The van der Waals surface area contributed by atoms with Crippen molar-refractivity contribution >= 4 is 0 Å². The van der Waals surface area contributed by atoms with Crippen LogP contribution in [0.4, 0.5) is 0 Å². The van der Waals surface area contributed by atoms with Crippen molar-refractivity contribution in [3.8, 4) is 5.75 Å². The molecule has 0 aliphatic heterocycles. The molecular weight excluding hydrogens is 270 g/mol. The number of rotatable bonds is 10. The molecule has 0 spiro atoms. The van der Waals surface area contributed by atoms with E-state index in [4.69, 9.17) is 4.74 Å². The second-order valence-corrected chi connectivity index (χ2v) is 5.65. The van der Waals surface area contributed by atoms with Crippen LogP contribution < -0.4 is 10.1 Å². The van der Waals surface area contributed by atoms with Gasteiger partial charge in [-0.05, 0) is 62.0 Å². The fourth-order valence-electron chi connectivity index (χ4n) is 2.59. The number of benzene rings is 2. The molecule has 22 heavy (non-hydrogen) atoms. The summed E-state index contributed by atoms with van der Waals surface area (Å²) in [6.45, 7) is 2.14. The van der Waals surface area contributed by atoms with Crippen molar-refractivity contribution in [2.75, 3.05) is 20.2 Å². The quantitative estimate of drug-likeness (QED) is 0.662. The molecule has 0 radical (unpaired) electrons. The van der Waals surface area contributed by atoms with E-state index in [2.05, 4.69) is 53.8 Å². The normalized spacial score (nSPS) is 10.6. The third kappa shape index (κ3) is 6.31. The maximum Gasteiger partial charge on any atom is 0.119 e. The number of unbranched alkanes of at least 4 members (excludes halogenated alkanes) is 2. The van der Waals surface area contributed by atoms with Crippen LogP contribution in [0, 0.1) is 0 Å². The van der Waals surface area contributed by atoms with Gasteiger partial charge in [0.05, 0.1) is 7.11 Å². The van der Waals surface area contributed by atoms with Crippen molar-refractivity contribution in [3.05, 3.63) is 65.7 Å². The van der Waals surface area contributed by atoms with E-state index in [0.29, 0.717) is 0 Å². The summed E-state index contributed by atoms with van der Waals surface area (Å²) in [5.74, 6) is 0.943. The van der Waals surface area contributed by atoms with Crippen LogP contribution in [0.5, 0.6) is 5.75 Å². The predicted molar refractivity (Wildman–Crippen MR) is 93.6 cm³/mol. The first-order valence-corrected chi connectivity index (χ1v) is 8.26. The third-order valence-electron chi connectivity index (χ3n) is 3.89. The van der Waals surface area contributed by atoms with Crippen molar-refractivity contribution in [2.45, 2.75) is 32.1 Å². The summed E-state index contributed by atoms with van der Waals surface area (Å²) < 4.78 is 5.24. The minimum absolute atomic E-state index is 0.943. The molecule has 2 rings (SSSR count). The molecule has 0 bridgehead atoms. The molecular formula is C20H27NO. The van der Waals surface area contributed by atoms with E-state index in [1.54, 1.807) is 7.11 Å². The molecule has 0 saturated carbocycles.